The number of rotatable bonds is 2. The number of aryl methyl sites for hydroxylation is 1. The Kier molecular flexibility index (Phi) is 2.93. The molecule has 100 valence electrons. The lowest BCUT2D eigenvalue weighted by Crippen LogP contribution is -2.19. The minimum atomic E-state index is 0.1000. The van der Waals surface area contributed by atoms with Gasteiger partial charge in [0, 0.05) is 23.4 Å². The summed E-state index contributed by atoms with van der Waals surface area (Å²) in [6.45, 7) is 0. The van der Waals surface area contributed by atoms with E-state index in [2.05, 4.69) is 4.98 Å². The summed E-state index contributed by atoms with van der Waals surface area (Å²) in [5, 5.41) is 0.629. The van der Waals surface area contributed by atoms with Crippen LogP contribution in [0.25, 0.3) is 10.9 Å². The number of aromatic amines is 1. The molecule has 0 radical (unpaired) electrons. The molecule has 1 heterocycles. The quantitative estimate of drug-likeness (QED) is 0.901. The Labute approximate surface area is 111 Å². The van der Waals surface area contributed by atoms with Crippen LogP contribution in [0.1, 0.15) is 24.1 Å². The fourth-order valence-electron chi connectivity index (χ4n) is 2.81. The predicted molar refractivity (Wildman–Crippen MR) is 74.3 cm³/mol. The average molecular weight is 259 g/mol. The highest BCUT2D eigenvalue weighted by Gasteiger charge is 2.18. The number of methoxy groups -OCH3 is 2. The van der Waals surface area contributed by atoms with E-state index in [9.17, 15) is 4.79 Å². The Balaban J connectivity index is 2.38. The highest BCUT2D eigenvalue weighted by Crippen LogP contribution is 2.30. The van der Waals surface area contributed by atoms with E-state index in [1.165, 1.54) is 0 Å². The normalized spacial score (nSPS) is 14.2. The third-order valence-corrected chi connectivity index (χ3v) is 3.79. The van der Waals surface area contributed by atoms with E-state index in [0.29, 0.717) is 16.9 Å². The number of nitrogens with one attached hydrogen (secondary N) is 1. The van der Waals surface area contributed by atoms with Crippen molar-refractivity contribution in [2.24, 2.45) is 0 Å². The summed E-state index contributed by atoms with van der Waals surface area (Å²) in [6, 6.07) is 3.61. The second-order valence-corrected chi connectivity index (χ2v) is 4.87. The second-order valence-electron chi connectivity index (χ2n) is 4.87. The van der Waals surface area contributed by atoms with Crippen LogP contribution >= 0.6 is 0 Å². The van der Waals surface area contributed by atoms with Crippen molar-refractivity contribution < 1.29 is 9.47 Å². The molecular formula is C15H17NO3. The summed E-state index contributed by atoms with van der Waals surface area (Å²) < 4.78 is 10.6. The van der Waals surface area contributed by atoms with Crippen molar-refractivity contribution in [2.45, 2.75) is 25.7 Å². The van der Waals surface area contributed by atoms with Gasteiger partial charge >= 0.3 is 0 Å². The molecule has 4 nitrogen and oxygen atoms in total. The Hall–Kier alpha value is -1.97. The molecule has 0 fully saturated rings. The molecule has 0 saturated heterocycles. The van der Waals surface area contributed by atoms with Crippen LogP contribution in [0.15, 0.2) is 16.9 Å². The molecule has 1 aliphatic carbocycles. The van der Waals surface area contributed by atoms with E-state index < -0.39 is 0 Å². The highest BCUT2D eigenvalue weighted by molar-refractivity contribution is 5.87. The monoisotopic (exact) mass is 259 g/mol. The summed E-state index contributed by atoms with van der Waals surface area (Å²) in [5.74, 6) is 1.26. The van der Waals surface area contributed by atoms with Gasteiger partial charge in [0.15, 0.2) is 5.43 Å². The van der Waals surface area contributed by atoms with Gasteiger partial charge in [-0.05, 0) is 25.7 Å². The fourth-order valence-corrected chi connectivity index (χ4v) is 2.81. The lowest BCUT2D eigenvalue weighted by atomic mass is 9.94. The molecule has 0 atom stereocenters. The topological polar surface area (TPSA) is 51.3 Å². The van der Waals surface area contributed by atoms with Gasteiger partial charge in [-0.3, -0.25) is 4.79 Å². The number of hydrogen-bond donors (Lipinski definition) is 1. The Morgan fingerprint density at radius 2 is 1.89 bits per heavy atom. The lowest BCUT2D eigenvalue weighted by molar-refractivity contribution is 0.397. The van der Waals surface area contributed by atoms with Gasteiger partial charge in [0.05, 0.1) is 25.1 Å². The van der Waals surface area contributed by atoms with Gasteiger partial charge in [-0.1, -0.05) is 0 Å². The van der Waals surface area contributed by atoms with Crippen LogP contribution in [0.4, 0.5) is 0 Å². The molecule has 3 rings (SSSR count). The molecule has 1 N–H and O–H groups in total. The molecule has 19 heavy (non-hydrogen) atoms. The van der Waals surface area contributed by atoms with Crippen LogP contribution in [-0.4, -0.2) is 19.2 Å². The third kappa shape index (κ3) is 1.87. The number of hydrogen-bond acceptors (Lipinski definition) is 3. The van der Waals surface area contributed by atoms with Crippen LogP contribution < -0.4 is 14.9 Å². The summed E-state index contributed by atoms with van der Waals surface area (Å²) in [7, 11) is 3.18. The molecule has 0 spiro atoms. The Bertz CT molecular complexity index is 688. The summed E-state index contributed by atoms with van der Waals surface area (Å²) >= 11 is 0. The predicted octanol–water partition coefficient (Wildman–Crippen LogP) is 2.42. The van der Waals surface area contributed by atoms with Crippen LogP contribution in [0, 0.1) is 0 Å². The van der Waals surface area contributed by atoms with Gasteiger partial charge in [0.25, 0.3) is 0 Å². The van der Waals surface area contributed by atoms with E-state index in [-0.39, 0.29) is 5.43 Å². The number of aromatic nitrogens is 1. The van der Waals surface area contributed by atoms with Crippen molar-refractivity contribution in [2.75, 3.05) is 14.2 Å². The first-order chi connectivity index (χ1) is 9.24. The minimum Gasteiger partial charge on any atom is -0.497 e. The standard InChI is InChI=1S/C15H17NO3/c1-18-9-7-12-14(13(8-9)19-2)15(17)10-5-3-4-6-11(10)16-12/h7-8H,3-6H2,1-2H3,(H,16,17). The summed E-state index contributed by atoms with van der Waals surface area (Å²) in [5.41, 5.74) is 2.88. The summed E-state index contributed by atoms with van der Waals surface area (Å²) in [4.78, 5) is 16.0. The second kappa shape index (κ2) is 4.61. The maximum atomic E-state index is 12.6. The average Bonchev–Trinajstić information content (AvgIpc) is 2.46. The van der Waals surface area contributed by atoms with Gasteiger partial charge in [0.2, 0.25) is 0 Å². The molecule has 1 aliphatic rings. The molecule has 0 saturated carbocycles. The lowest BCUT2D eigenvalue weighted by Gasteiger charge is -2.17. The van der Waals surface area contributed by atoms with Crippen molar-refractivity contribution in [3.05, 3.63) is 33.6 Å². The molecule has 0 bridgehead atoms. The molecule has 0 aliphatic heterocycles. The smallest absolute Gasteiger partial charge is 0.196 e. The first kappa shape index (κ1) is 12.1. The molecule has 1 aromatic carbocycles. The number of H-pyrrole nitrogens is 1. The first-order valence-corrected chi connectivity index (χ1v) is 6.54. The van der Waals surface area contributed by atoms with Crippen molar-refractivity contribution in [1.82, 2.24) is 4.98 Å². The number of fused-ring (bicyclic) bond motifs is 2. The van der Waals surface area contributed by atoms with E-state index >= 15 is 0 Å². The zero-order chi connectivity index (χ0) is 13.4. The zero-order valence-corrected chi connectivity index (χ0v) is 11.2. The van der Waals surface area contributed by atoms with Crippen molar-refractivity contribution in [3.63, 3.8) is 0 Å². The van der Waals surface area contributed by atoms with Crippen LogP contribution in [0.3, 0.4) is 0 Å². The summed E-state index contributed by atoms with van der Waals surface area (Å²) in [6.07, 6.45) is 4.02. The zero-order valence-electron chi connectivity index (χ0n) is 11.2. The number of ether oxygens (including phenoxy) is 2. The maximum Gasteiger partial charge on any atom is 0.196 e. The van der Waals surface area contributed by atoms with E-state index in [1.54, 1.807) is 20.3 Å². The van der Waals surface area contributed by atoms with Gasteiger partial charge < -0.3 is 14.5 Å². The molecule has 2 aromatic rings. The first-order valence-electron chi connectivity index (χ1n) is 6.54. The molecular weight excluding hydrogens is 242 g/mol. The Morgan fingerprint density at radius 1 is 1.11 bits per heavy atom. The van der Waals surface area contributed by atoms with Gasteiger partial charge in [0.1, 0.15) is 11.5 Å². The number of pyridine rings is 1. The number of benzene rings is 1. The van der Waals surface area contributed by atoms with E-state index in [1.807, 2.05) is 6.07 Å². The SMILES string of the molecule is COc1cc(OC)c2c(=O)c3c([nH]c2c1)CCCC3. The Morgan fingerprint density at radius 3 is 2.63 bits per heavy atom. The third-order valence-electron chi connectivity index (χ3n) is 3.79. The van der Waals surface area contributed by atoms with Crippen LogP contribution in [0.5, 0.6) is 11.5 Å². The minimum absolute atomic E-state index is 0.1000. The fraction of sp³-hybridized carbons (Fsp3) is 0.400. The van der Waals surface area contributed by atoms with E-state index in [4.69, 9.17) is 9.47 Å². The van der Waals surface area contributed by atoms with Crippen LogP contribution in [0.2, 0.25) is 0 Å². The van der Waals surface area contributed by atoms with Crippen molar-refractivity contribution in [3.8, 4) is 11.5 Å². The van der Waals surface area contributed by atoms with Crippen molar-refractivity contribution in [1.29, 1.82) is 0 Å². The maximum absolute atomic E-state index is 12.6. The molecule has 0 unspecified atom stereocenters. The molecule has 0 amide bonds. The molecule has 1 aromatic heterocycles. The molecule has 4 heteroatoms. The van der Waals surface area contributed by atoms with Crippen molar-refractivity contribution >= 4 is 10.9 Å². The largest absolute Gasteiger partial charge is 0.497 e. The van der Waals surface area contributed by atoms with E-state index in [0.717, 1.165) is 42.5 Å². The van der Waals surface area contributed by atoms with Gasteiger partial charge in [-0.25, -0.2) is 0 Å². The van der Waals surface area contributed by atoms with Crippen LogP contribution in [-0.2, 0) is 12.8 Å². The van der Waals surface area contributed by atoms with Gasteiger partial charge in [-0.15, -0.1) is 0 Å². The van der Waals surface area contributed by atoms with Gasteiger partial charge in [-0.2, -0.15) is 0 Å². The highest BCUT2D eigenvalue weighted by atomic mass is 16.5.